The van der Waals surface area contributed by atoms with E-state index in [2.05, 4.69) is 43.7 Å². The fourth-order valence-corrected chi connectivity index (χ4v) is 2.74. The molecule has 1 aromatic heterocycles. The summed E-state index contributed by atoms with van der Waals surface area (Å²) in [6.45, 7) is 5.19. The van der Waals surface area contributed by atoms with Crippen molar-refractivity contribution in [3.8, 4) is 0 Å². The van der Waals surface area contributed by atoms with Gasteiger partial charge in [0, 0.05) is 19.1 Å². The molecular formula is C11H16Br2N2O. The Hall–Kier alpha value is 0.160. The second-order valence-electron chi connectivity index (χ2n) is 4.50. The predicted octanol–water partition coefficient (Wildman–Crippen LogP) is 2.97. The number of furan rings is 1. The Kier molecular flexibility index (Phi) is 4.11. The first kappa shape index (κ1) is 12.6. The Morgan fingerprint density at radius 1 is 1.56 bits per heavy atom. The minimum atomic E-state index is 0.353. The SMILES string of the molecule is CC1CN(Cc2cc(Br)c(Br)o2)CCC1N. The highest BCUT2D eigenvalue weighted by Crippen LogP contribution is 2.28. The Bertz CT molecular complexity index is 347. The van der Waals surface area contributed by atoms with Crippen LogP contribution in [0.1, 0.15) is 19.1 Å². The van der Waals surface area contributed by atoms with Crippen LogP contribution in [0.5, 0.6) is 0 Å². The summed E-state index contributed by atoms with van der Waals surface area (Å²) in [6, 6.07) is 2.37. The highest BCUT2D eigenvalue weighted by molar-refractivity contribution is 9.13. The van der Waals surface area contributed by atoms with Crippen LogP contribution in [-0.2, 0) is 6.54 Å². The van der Waals surface area contributed by atoms with Crippen LogP contribution >= 0.6 is 31.9 Å². The number of rotatable bonds is 2. The summed E-state index contributed by atoms with van der Waals surface area (Å²) in [5, 5.41) is 0. The van der Waals surface area contributed by atoms with Crippen molar-refractivity contribution >= 4 is 31.9 Å². The van der Waals surface area contributed by atoms with Crippen LogP contribution in [-0.4, -0.2) is 24.0 Å². The molecule has 0 radical (unpaired) electrons. The van der Waals surface area contributed by atoms with Crippen molar-refractivity contribution in [1.29, 1.82) is 0 Å². The van der Waals surface area contributed by atoms with Crippen molar-refractivity contribution in [1.82, 2.24) is 4.90 Å². The fourth-order valence-electron chi connectivity index (χ4n) is 2.08. The minimum absolute atomic E-state index is 0.353. The maximum absolute atomic E-state index is 6.00. The summed E-state index contributed by atoms with van der Waals surface area (Å²) in [5.74, 6) is 1.55. The molecule has 1 fully saturated rings. The van der Waals surface area contributed by atoms with E-state index in [1.54, 1.807) is 0 Å². The van der Waals surface area contributed by atoms with Crippen molar-refractivity contribution in [3.63, 3.8) is 0 Å². The summed E-state index contributed by atoms with van der Waals surface area (Å²) < 4.78 is 7.32. The molecule has 1 aliphatic rings. The van der Waals surface area contributed by atoms with Crippen molar-refractivity contribution in [2.75, 3.05) is 13.1 Å². The van der Waals surface area contributed by atoms with Gasteiger partial charge in [-0.05, 0) is 50.3 Å². The van der Waals surface area contributed by atoms with Gasteiger partial charge in [0.05, 0.1) is 11.0 Å². The fraction of sp³-hybridized carbons (Fsp3) is 0.636. The Labute approximate surface area is 113 Å². The Morgan fingerprint density at radius 2 is 2.31 bits per heavy atom. The van der Waals surface area contributed by atoms with E-state index in [1.807, 2.05) is 6.07 Å². The van der Waals surface area contributed by atoms with Gasteiger partial charge in [0.25, 0.3) is 0 Å². The van der Waals surface area contributed by atoms with Crippen LogP contribution in [0.3, 0.4) is 0 Å². The van der Waals surface area contributed by atoms with E-state index >= 15 is 0 Å². The molecule has 1 saturated heterocycles. The first-order valence-corrected chi connectivity index (χ1v) is 7.06. The highest BCUT2D eigenvalue weighted by atomic mass is 79.9. The monoisotopic (exact) mass is 350 g/mol. The third-order valence-electron chi connectivity index (χ3n) is 3.13. The van der Waals surface area contributed by atoms with E-state index in [4.69, 9.17) is 10.2 Å². The lowest BCUT2D eigenvalue weighted by molar-refractivity contribution is 0.148. The van der Waals surface area contributed by atoms with E-state index in [1.165, 1.54) is 0 Å². The van der Waals surface area contributed by atoms with Crippen molar-refractivity contribution in [2.45, 2.75) is 25.9 Å². The zero-order chi connectivity index (χ0) is 11.7. The summed E-state index contributed by atoms with van der Waals surface area (Å²) in [6.07, 6.45) is 1.07. The smallest absolute Gasteiger partial charge is 0.183 e. The van der Waals surface area contributed by atoms with Crippen LogP contribution in [0, 0.1) is 5.92 Å². The number of nitrogens with two attached hydrogens (primary N) is 1. The lowest BCUT2D eigenvalue weighted by atomic mass is 9.95. The van der Waals surface area contributed by atoms with Gasteiger partial charge in [0.2, 0.25) is 0 Å². The zero-order valence-electron chi connectivity index (χ0n) is 9.25. The summed E-state index contributed by atoms with van der Waals surface area (Å²) in [7, 11) is 0. The topological polar surface area (TPSA) is 42.4 Å². The number of piperidine rings is 1. The molecule has 2 N–H and O–H groups in total. The molecule has 90 valence electrons. The van der Waals surface area contributed by atoms with Gasteiger partial charge in [-0.25, -0.2) is 0 Å². The first-order chi connectivity index (χ1) is 7.56. The molecule has 3 nitrogen and oxygen atoms in total. The normalized spacial score (nSPS) is 27.2. The predicted molar refractivity (Wildman–Crippen MR) is 71.1 cm³/mol. The number of likely N-dealkylation sites (tertiary alicyclic amines) is 1. The molecule has 16 heavy (non-hydrogen) atoms. The second-order valence-corrected chi connectivity index (χ2v) is 6.07. The van der Waals surface area contributed by atoms with Crippen LogP contribution in [0.15, 0.2) is 19.6 Å². The minimum Gasteiger partial charge on any atom is -0.452 e. The van der Waals surface area contributed by atoms with Crippen LogP contribution in [0.4, 0.5) is 0 Å². The van der Waals surface area contributed by atoms with Crippen LogP contribution in [0.2, 0.25) is 0 Å². The lowest BCUT2D eigenvalue weighted by Crippen LogP contribution is -2.45. The molecular weight excluding hydrogens is 336 g/mol. The van der Waals surface area contributed by atoms with Crippen molar-refractivity contribution in [3.05, 3.63) is 21.0 Å². The molecule has 0 bridgehead atoms. The first-order valence-electron chi connectivity index (χ1n) is 5.48. The molecule has 0 saturated carbocycles. The average Bonchev–Trinajstić information content (AvgIpc) is 2.52. The highest BCUT2D eigenvalue weighted by Gasteiger charge is 2.23. The van der Waals surface area contributed by atoms with Gasteiger partial charge in [-0.1, -0.05) is 6.92 Å². The van der Waals surface area contributed by atoms with Gasteiger partial charge >= 0.3 is 0 Å². The third kappa shape index (κ3) is 2.88. The maximum atomic E-state index is 6.00. The van der Waals surface area contributed by atoms with Gasteiger partial charge in [-0.2, -0.15) is 0 Å². The van der Waals surface area contributed by atoms with Gasteiger partial charge in [0.1, 0.15) is 5.76 Å². The van der Waals surface area contributed by atoms with E-state index < -0.39 is 0 Å². The number of hydrogen-bond donors (Lipinski definition) is 1. The number of nitrogens with zero attached hydrogens (tertiary/aromatic N) is 1. The number of hydrogen-bond acceptors (Lipinski definition) is 3. The third-order valence-corrected chi connectivity index (χ3v) is 4.84. The average molecular weight is 352 g/mol. The molecule has 0 spiro atoms. The largest absolute Gasteiger partial charge is 0.452 e. The van der Waals surface area contributed by atoms with E-state index in [0.717, 1.165) is 41.0 Å². The Balaban J connectivity index is 1.95. The molecule has 0 aliphatic carbocycles. The second kappa shape index (κ2) is 5.21. The van der Waals surface area contributed by atoms with Gasteiger partial charge in [0.15, 0.2) is 4.67 Å². The molecule has 1 aliphatic heterocycles. The molecule has 2 atom stereocenters. The van der Waals surface area contributed by atoms with Crippen LogP contribution in [0.25, 0.3) is 0 Å². The summed E-state index contributed by atoms with van der Waals surface area (Å²) in [5.41, 5.74) is 6.00. The molecule has 0 amide bonds. The van der Waals surface area contributed by atoms with Crippen molar-refractivity contribution in [2.24, 2.45) is 11.7 Å². The quantitative estimate of drug-likeness (QED) is 0.890. The standard InChI is InChI=1S/C11H16Br2N2O/c1-7-5-15(3-2-10(7)14)6-8-4-9(12)11(13)16-8/h4,7,10H,2-3,5-6,14H2,1H3. The van der Waals surface area contributed by atoms with Crippen molar-refractivity contribution < 1.29 is 4.42 Å². The maximum Gasteiger partial charge on any atom is 0.183 e. The Morgan fingerprint density at radius 3 is 2.88 bits per heavy atom. The molecule has 1 aromatic rings. The van der Waals surface area contributed by atoms with E-state index in [-0.39, 0.29) is 0 Å². The molecule has 0 aromatic carbocycles. The van der Waals surface area contributed by atoms with E-state index in [0.29, 0.717) is 12.0 Å². The lowest BCUT2D eigenvalue weighted by Gasteiger charge is -2.34. The van der Waals surface area contributed by atoms with Gasteiger partial charge in [-0.15, -0.1) is 0 Å². The molecule has 2 unspecified atom stereocenters. The summed E-state index contributed by atoms with van der Waals surface area (Å²) >= 11 is 6.77. The van der Waals surface area contributed by atoms with Gasteiger partial charge < -0.3 is 10.2 Å². The van der Waals surface area contributed by atoms with E-state index in [9.17, 15) is 0 Å². The molecule has 2 heterocycles. The van der Waals surface area contributed by atoms with Crippen LogP contribution < -0.4 is 5.73 Å². The molecule has 2 rings (SSSR count). The molecule has 5 heteroatoms. The van der Waals surface area contributed by atoms with Gasteiger partial charge in [-0.3, -0.25) is 4.90 Å². The number of halogens is 2. The summed E-state index contributed by atoms with van der Waals surface area (Å²) in [4.78, 5) is 2.39. The zero-order valence-corrected chi connectivity index (χ0v) is 12.4.